The average Bonchev–Trinajstić information content (AvgIpc) is 2.81. The molecule has 38 heavy (non-hydrogen) atoms. The SMILES string of the molecule is CN(C)c1cc(C=N[C@H]2CCCC[C@@H]2N=Cc2cc(N(C)C)cc(C(C)(C)C)c2O)c(O)c(C(C)(C)C)c1. The molecular formula is C32H48N4O2. The van der Waals surface area contributed by atoms with Gasteiger partial charge in [-0.15, -0.1) is 0 Å². The van der Waals surface area contributed by atoms with Gasteiger partial charge in [-0.05, 0) is 47.9 Å². The number of phenols is 2. The number of hydrogen-bond donors (Lipinski definition) is 2. The molecule has 6 nitrogen and oxygen atoms in total. The van der Waals surface area contributed by atoms with Gasteiger partial charge in [0.05, 0.1) is 12.1 Å². The van der Waals surface area contributed by atoms with Crippen LogP contribution in [0, 0.1) is 0 Å². The lowest BCUT2D eigenvalue weighted by molar-refractivity contribution is 0.390. The molecule has 0 aromatic heterocycles. The van der Waals surface area contributed by atoms with Crippen molar-refractivity contribution >= 4 is 23.8 Å². The second kappa shape index (κ2) is 11.4. The van der Waals surface area contributed by atoms with Crippen molar-refractivity contribution in [3.63, 3.8) is 0 Å². The highest BCUT2D eigenvalue weighted by atomic mass is 16.3. The first-order chi connectivity index (χ1) is 17.6. The molecule has 2 aromatic rings. The zero-order chi connectivity index (χ0) is 28.4. The fourth-order valence-electron chi connectivity index (χ4n) is 4.93. The average molecular weight is 521 g/mol. The molecule has 0 amide bonds. The van der Waals surface area contributed by atoms with Crippen LogP contribution in [0.15, 0.2) is 34.3 Å². The van der Waals surface area contributed by atoms with E-state index < -0.39 is 0 Å². The standard InChI is InChI=1S/C32H48N4O2/c1-31(2,3)25-17-23(35(7)8)15-21(29(25)37)19-33-27-13-11-12-14-28(27)34-20-22-16-24(36(9)10)18-26(30(22)38)32(4,5)6/h15-20,27-28,37-38H,11-14H2,1-10H3/t27-,28-/m0/s1. The maximum Gasteiger partial charge on any atom is 0.128 e. The number of hydrogen-bond acceptors (Lipinski definition) is 6. The van der Waals surface area contributed by atoms with Gasteiger partial charge in [0, 0.05) is 74.2 Å². The first-order valence-corrected chi connectivity index (χ1v) is 13.8. The molecule has 0 aliphatic heterocycles. The van der Waals surface area contributed by atoms with E-state index in [0.29, 0.717) is 11.5 Å². The molecule has 0 radical (unpaired) electrons. The number of phenolic OH excluding ortho intramolecular Hbond substituents is 2. The third-order valence-electron chi connectivity index (χ3n) is 7.40. The molecule has 2 atom stereocenters. The van der Waals surface area contributed by atoms with Crippen molar-refractivity contribution in [3.05, 3.63) is 46.5 Å². The van der Waals surface area contributed by atoms with Crippen molar-refractivity contribution < 1.29 is 10.2 Å². The summed E-state index contributed by atoms with van der Waals surface area (Å²) in [4.78, 5) is 14.0. The Balaban J connectivity index is 1.95. The smallest absolute Gasteiger partial charge is 0.128 e. The van der Waals surface area contributed by atoms with Crippen LogP contribution in [0.5, 0.6) is 11.5 Å². The minimum Gasteiger partial charge on any atom is -0.507 e. The Morgan fingerprint density at radius 1 is 0.658 bits per heavy atom. The lowest BCUT2D eigenvalue weighted by atomic mass is 9.84. The quantitative estimate of drug-likeness (QED) is 0.417. The maximum atomic E-state index is 11.1. The van der Waals surface area contributed by atoms with Crippen LogP contribution >= 0.6 is 0 Å². The topological polar surface area (TPSA) is 71.7 Å². The second-order valence-electron chi connectivity index (χ2n) is 13.1. The van der Waals surface area contributed by atoms with Gasteiger partial charge in [-0.1, -0.05) is 54.4 Å². The van der Waals surface area contributed by atoms with Crippen molar-refractivity contribution in [2.45, 2.75) is 90.1 Å². The van der Waals surface area contributed by atoms with E-state index in [2.05, 4.69) is 63.5 Å². The normalized spacial score (nSPS) is 18.9. The van der Waals surface area contributed by atoms with Gasteiger partial charge < -0.3 is 20.0 Å². The highest BCUT2D eigenvalue weighted by Gasteiger charge is 2.26. The minimum atomic E-state index is -0.189. The van der Waals surface area contributed by atoms with Crippen LogP contribution < -0.4 is 9.80 Å². The van der Waals surface area contributed by atoms with E-state index >= 15 is 0 Å². The third kappa shape index (κ3) is 6.89. The number of aromatic hydroxyl groups is 2. The molecule has 1 fully saturated rings. The summed E-state index contributed by atoms with van der Waals surface area (Å²) >= 11 is 0. The predicted molar refractivity (Wildman–Crippen MR) is 163 cm³/mol. The van der Waals surface area contributed by atoms with Gasteiger partial charge in [0.1, 0.15) is 11.5 Å². The van der Waals surface area contributed by atoms with Crippen molar-refractivity contribution in [2.24, 2.45) is 9.98 Å². The minimum absolute atomic E-state index is 0.0294. The molecule has 1 saturated carbocycles. The van der Waals surface area contributed by atoms with Crippen LogP contribution in [0.25, 0.3) is 0 Å². The summed E-state index contributed by atoms with van der Waals surface area (Å²) in [6, 6.07) is 8.16. The number of nitrogens with zero attached hydrogens (tertiary/aromatic N) is 4. The molecule has 6 heteroatoms. The van der Waals surface area contributed by atoms with Crippen LogP contribution in [0.4, 0.5) is 11.4 Å². The molecule has 0 saturated heterocycles. The van der Waals surface area contributed by atoms with E-state index in [0.717, 1.165) is 59.3 Å². The first-order valence-electron chi connectivity index (χ1n) is 13.8. The van der Waals surface area contributed by atoms with Crippen LogP contribution in [0.2, 0.25) is 0 Å². The van der Waals surface area contributed by atoms with E-state index in [1.54, 1.807) is 0 Å². The summed E-state index contributed by atoms with van der Waals surface area (Å²) in [5, 5.41) is 22.2. The Labute approximate surface area is 230 Å². The molecule has 0 heterocycles. The Kier molecular flexibility index (Phi) is 8.85. The van der Waals surface area contributed by atoms with Crippen molar-refractivity contribution in [1.29, 1.82) is 0 Å². The van der Waals surface area contributed by atoms with Gasteiger partial charge in [-0.3, -0.25) is 9.98 Å². The lowest BCUT2D eigenvalue weighted by Gasteiger charge is -2.27. The van der Waals surface area contributed by atoms with E-state index in [-0.39, 0.29) is 22.9 Å². The molecule has 1 aliphatic rings. The van der Waals surface area contributed by atoms with Crippen molar-refractivity contribution in [2.75, 3.05) is 38.0 Å². The lowest BCUT2D eigenvalue weighted by Crippen LogP contribution is -2.27. The molecule has 0 spiro atoms. The van der Waals surface area contributed by atoms with Gasteiger partial charge in [0.25, 0.3) is 0 Å². The Hall–Kier alpha value is -3.02. The van der Waals surface area contributed by atoms with Gasteiger partial charge >= 0.3 is 0 Å². The monoisotopic (exact) mass is 520 g/mol. The Bertz CT molecular complexity index is 1090. The summed E-state index contributed by atoms with van der Waals surface area (Å²) in [5.74, 6) is 0.589. The molecule has 2 N–H and O–H groups in total. The fourth-order valence-corrected chi connectivity index (χ4v) is 4.93. The Morgan fingerprint density at radius 3 is 1.29 bits per heavy atom. The summed E-state index contributed by atoms with van der Waals surface area (Å²) < 4.78 is 0. The summed E-state index contributed by atoms with van der Waals surface area (Å²) in [7, 11) is 8.05. The zero-order valence-corrected chi connectivity index (χ0v) is 25.1. The second-order valence-corrected chi connectivity index (χ2v) is 13.1. The molecule has 208 valence electrons. The number of anilines is 2. The van der Waals surface area contributed by atoms with Crippen LogP contribution in [0.1, 0.15) is 89.5 Å². The highest BCUT2D eigenvalue weighted by molar-refractivity contribution is 5.88. The fraction of sp³-hybridized carbons (Fsp3) is 0.562. The van der Waals surface area contributed by atoms with E-state index in [1.807, 2.05) is 52.8 Å². The number of aliphatic imine (C=N–C) groups is 2. The molecular weight excluding hydrogens is 472 g/mol. The van der Waals surface area contributed by atoms with Gasteiger partial charge in [-0.2, -0.15) is 0 Å². The van der Waals surface area contributed by atoms with E-state index in [1.165, 1.54) is 0 Å². The molecule has 0 unspecified atom stereocenters. The van der Waals surface area contributed by atoms with Gasteiger partial charge in [0.2, 0.25) is 0 Å². The van der Waals surface area contributed by atoms with Gasteiger partial charge in [-0.25, -0.2) is 0 Å². The molecule has 2 aromatic carbocycles. The van der Waals surface area contributed by atoms with Crippen molar-refractivity contribution in [1.82, 2.24) is 0 Å². The number of rotatable bonds is 6. The summed E-state index contributed by atoms with van der Waals surface area (Å²) in [5.41, 5.74) is 5.00. The largest absolute Gasteiger partial charge is 0.507 e. The third-order valence-corrected chi connectivity index (χ3v) is 7.40. The van der Waals surface area contributed by atoms with Crippen LogP contribution in [0.3, 0.4) is 0 Å². The highest BCUT2D eigenvalue weighted by Crippen LogP contribution is 2.38. The summed E-state index contributed by atoms with van der Waals surface area (Å²) in [6.07, 6.45) is 7.79. The number of benzene rings is 2. The predicted octanol–water partition coefficient (Wildman–Crippen LogP) is 6.67. The van der Waals surface area contributed by atoms with E-state index in [4.69, 9.17) is 9.98 Å². The molecule has 1 aliphatic carbocycles. The van der Waals surface area contributed by atoms with Crippen LogP contribution in [-0.4, -0.2) is 62.9 Å². The summed E-state index contributed by atoms with van der Waals surface area (Å²) in [6.45, 7) is 12.7. The van der Waals surface area contributed by atoms with Gasteiger partial charge in [0.15, 0.2) is 0 Å². The Morgan fingerprint density at radius 2 is 1.00 bits per heavy atom. The maximum absolute atomic E-state index is 11.1. The molecule has 0 bridgehead atoms. The van der Waals surface area contributed by atoms with Crippen LogP contribution in [-0.2, 0) is 10.8 Å². The van der Waals surface area contributed by atoms with Crippen molar-refractivity contribution in [3.8, 4) is 11.5 Å². The zero-order valence-electron chi connectivity index (χ0n) is 25.1. The van der Waals surface area contributed by atoms with E-state index in [9.17, 15) is 10.2 Å². The molecule has 3 rings (SSSR count). The first kappa shape index (κ1) is 29.5.